The van der Waals surface area contributed by atoms with Crippen molar-refractivity contribution < 1.29 is 4.39 Å². The first-order valence-electron chi connectivity index (χ1n) is 7.68. The zero-order valence-corrected chi connectivity index (χ0v) is 13.0. The molecule has 0 saturated carbocycles. The molecule has 1 aliphatic rings. The molecular weight excluding hydrogens is 293 g/mol. The average Bonchev–Trinajstić information content (AvgIpc) is 2.57. The number of anilines is 1. The van der Waals surface area contributed by atoms with Gasteiger partial charge < -0.3 is 9.47 Å². The molecule has 1 fully saturated rings. The molecule has 1 aromatic heterocycles. The Hall–Kier alpha value is -2.61. The Morgan fingerprint density at radius 1 is 1.26 bits per heavy atom. The minimum absolute atomic E-state index is 0.0802. The lowest BCUT2D eigenvalue weighted by atomic mass is 9.97. The Morgan fingerprint density at radius 3 is 2.74 bits per heavy atom. The second kappa shape index (κ2) is 6.66. The van der Waals surface area contributed by atoms with Gasteiger partial charge >= 0.3 is 0 Å². The summed E-state index contributed by atoms with van der Waals surface area (Å²) in [6.45, 7) is 1.48. The maximum atomic E-state index is 13.6. The number of hydrogen-bond donors (Lipinski definition) is 0. The van der Waals surface area contributed by atoms with E-state index in [-0.39, 0.29) is 17.3 Å². The van der Waals surface area contributed by atoms with Crippen molar-refractivity contribution >= 4 is 5.82 Å². The predicted molar refractivity (Wildman–Crippen MR) is 87.7 cm³/mol. The van der Waals surface area contributed by atoms with Crippen LogP contribution in [0.1, 0.15) is 18.4 Å². The SMILES string of the molecule is Cn1ccnc(N2CCC(C#Cc3ccccc3F)CC2)c1=O. The largest absolute Gasteiger partial charge is 0.352 e. The molecule has 0 aliphatic carbocycles. The van der Waals surface area contributed by atoms with Crippen LogP contribution in [0.3, 0.4) is 0 Å². The highest BCUT2D eigenvalue weighted by Gasteiger charge is 2.21. The van der Waals surface area contributed by atoms with Crippen molar-refractivity contribution in [3.05, 3.63) is 58.4 Å². The van der Waals surface area contributed by atoms with Crippen molar-refractivity contribution in [1.82, 2.24) is 9.55 Å². The van der Waals surface area contributed by atoms with E-state index >= 15 is 0 Å². The number of halogens is 1. The van der Waals surface area contributed by atoms with Crippen LogP contribution in [0.2, 0.25) is 0 Å². The maximum Gasteiger partial charge on any atom is 0.293 e. The van der Waals surface area contributed by atoms with Crippen molar-refractivity contribution in [3.8, 4) is 11.8 Å². The summed E-state index contributed by atoms with van der Waals surface area (Å²) in [6, 6.07) is 6.55. The van der Waals surface area contributed by atoms with Gasteiger partial charge in [-0.25, -0.2) is 9.37 Å². The van der Waals surface area contributed by atoms with E-state index in [9.17, 15) is 9.18 Å². The normalized spacial score (nSPS) is 15.1. The summed E-state index contributed by atoms with van der Waals surface area (Å²) in [7, 11) is 1.72. The van der Waals surface area contributed by atoms with Gasteiger partial charge in [-0.15, -0.1) is 0 Å². The lowest BCUT2D eigenvalue weighted by molar-refractivity contribution is 0.487. The molecule has 0 radical (unpaired) electrons. The molecule has 2 heterocycles. The number of hydrogen-bond acceptors (Lipinski definition) is 3. The van der Waals surface area contributed by atoms with Crippen molar-refractivity contribution in [2.75, 3.05) is 18.0 Å². The minimum atomic E-state index is -0.283. The van der Waals surface area contributed by atoms with Crippen LogP contribution in [0.5, 0.6) is 0 Å². The van der Waals surface area contributed by atoms with Crippen LogP contribution in [0.15, 0.2) is 41.5 Å². The summed E-state index contributed by atoms with van der Waals surface area (Å²) >= 11 is 0. The third kappa shape index (κ3) is 3.42. The molecule has 118 valence electrons. The first-order valence-corrected chi connectivity index (χ1v) is 7.68. The molecule has 1 saturated heterocycles. The highest BCUT2D eigenvalue weighted by atomic mass is 19.1. The van der Waals surface area contributed by atoms with E-state index in [1.165, 1.54) is 10.6 Å². The molecule has 4 nitrogen and oxygen atoms in total. The second-order valence-corrected chi connectivity index (χ2v) is 5.68. The van der Waals surface area contributed by atoms with E-state index in [1.807, 2.05) is 4.90 Å². The molecule has 2 aromatic rings. The van der Waals surface area contributed by atoms with Gasteiger partial charge in [0.25, 0.3) is 5.56 Å². The molecule has 1 aliphatic heterocycles. The summed E-state index contributed by atoms with van der Waals surface area (Å²) in [6.07, 6.45) is 4.99. The van der Waals surface area contributed by atoms with Crippen LogP contribution in [0, 0.1) is 23.6 Å². The summed E-state index contributed by atoms with van der Waals surface area (Å²) in [4.78, 5) is 18.3. The fourth-order valence-corrected chi connectivity index (χ4v) is 2.68. The number of rotatable bonds is 1. The number of nitrogens with zero attached hydrogens (tertiary/aromatic N) is 3. The molecule has 0 atom stereocenters. The highest BCUT2D eigenvalue weighted by Crippen LogP contribution is 2.19. The van der Waals surface area contributed by atoms with Gasteiger partial charge in [-0.05, 0) is 25.0 Å². The summed E-state index contributed by atoms with van der Waals surface area (Å²) in [5.41, 5.74) is 0.358. The lowest BCUT2D eigenvalue weighted by Gasteiger charge is -2.30. The number of aromatic nitrogens is 2. The van der Waals surface area contributed by atoms with Gasteiger partial charge in [0.15, 0.2) is 5.82 Å². The Bertz CT molecular complexity index is 811. The van der Waals surface area contributed by atoms with Gasteiger partial charge in [0.05, 0.1) is 5.56 Å². The van der Waals surface area contributed by atoms with Crippen LogP contribution in [0.25, 0.3) is 0 Å². The van der Waals surface area contributed by atoms with E-state index in [4.69, 9.17) is 0 Å². The topological polar surface area (TPSA) is 38.1 Å². The van der Waals surface area contributed by atoms with Crippen molar-refractivity contribution in [1.29, 1.82) is 0 Å². The van der Waals surface area contributed by atoms with E-state index in [2.05, 4.69) is 16.8 Å². The standard InChI is InChI=1S/C18H18FN3O/c1-21-13-10-20-17(18(21)23)22-11-8-14(9-12-22)6-7-15-4-2-3-5-16(15)19/h2-5,10,13-14H,8-9,11-12H2,1H3. The van der Waals surface area contributed by atoms with Crippen LogP contribution in [0.4, 0.5) is 10.2 Å². The Balaban J connectivity index is 1.67. The fraction of sp³-hybridized carbons (Fsp3) is 0.333. The molecule has 5 heteroatoms. The minimum Gasteiger partial charge on any atom is -0.352 e. The first-order chi connectivity index (χ1) is 11.1. The maximum absolute atomic E-state index is 13.6. The second-order valence-electron chi connectivity index (χ2n) is 5.68. The Labute approximate surface area is 134 Å². The Kier molecular flexibility index (Phi) is 4.42. The number of piperidine rings is 1. The quantitative estimate of drug-likeness (QED) is 0.758. The number of benzene rings is 1. The van der Waals surface area contributed by atoms with E-state index in [1.54, 1.807) is 37.6 Å². The third-order valence-electron chi connectivity index (χ3n) is 4.08. The van der Waals surface area contributed by atoms with Gasteiger partial charge in [0.1, 0.15) is 5.82 Å². The molecule has 0 amide bonds. The third-order valence-corrected chi connectivity index (χ3v) is 4.08. The van der Waals surface area contributed by atoms with Gasteiger partial charge in [-0.2, -0.15) is 0 Å². The van der Waals surface area contributed by atoms with Gasteiger partial charge in [-0.3, -0.25) is 4.79 Å². The van der Waals surface area contributed by atoms with Crippen LogP contribution < -0.4 is 10.5 Å². The molecule has 3 rings (SSSR count). The first kappa shape index (κ1) is 15.3. The average molecular weight is 311 g/mol. The molecule has 0 unspecified atom stereocenters. The number of aryl methyl sites for hydroxylation is 1. The van der Waals surface area contributed by atoms with E-state index in [0.29, 0.717) is 11.4 Å². The highest BCUT2D eigenvalue weighted by molar-refractivity contribution is 5.38. The molecule has 23 heavy (non-hydrogen) atoms. The monoisotopic (exact) mass is 311 g/mol. The fourth-order valence-electron chi connectivity index (χ4n) is 2.68. The van der Waals surface area contributed by atoms with E-state index in [0.717, 1.165) is 25.9 Å². The van der Waals surface area contributed by atoms with Gasteiger partial charge in [-0.1, -0.05) is 24.0 Å². The smallest absolute Gasteiger partial charge is 0.293 e. The summed E-state index contributed by atoms with van der Waals surface area (Å²) < 4.78 is 15.1. The molecule has 0 spiro atoms. The van der Waals surface area contributed by atoms with Crippen LogP contribution in [-0.2, 0) is 7.05 Å². The Morgan fingerprint density at radius 2 is 2.00 bits per heavy atom. The van der Waals surface area contributed by atoms with E-state index < -0.39 is 0 Å². The van der Waals surface area contributed by atoms with Crippen molar-refractivity contribution in [2.45, 2.75) is 12.8 Å². The van der Waals surface area contributed by atoms with Crippen molar-refractivity contribution in [3.63, 3.8) is 0 Å². The molecular formula is C18H18FN3O. The van der Waals surface area contributed by atoms with Crippen LogP contribution in [-0.4, -0.2) is 22.6 Å². The molecule has 0 N–H and O–H groups in total. The summed E-state index contributed by atoms with van der Waals surface area (Å²) in [5, 5.41) is 0. The zero-order valence-electron chi connectivity index (χ0n) is 13.0. The predicted octanol–water partition coefficient (Wildman–Crippen LogP) is 2.19. The lowest BCUT2D eigenvalue weighted by Crippen LogP contribution is -2.38. The summed E-state index contributed by atoms with van der Waals surface area (Å²) in [5.74, 6) is 6.52. The van der Waals surface area contributed by atoms with Gasteiger partial charge in [0.2, 0.25) is 0 Å². The zero-order chi connectivity index (χ0) is 16.2. The van der Waals surface area contributed by atoms with Crippen LogP contribution >= 0.6 is 0 Å². The van der Waals surface area contributed by atoms with Gasteiger partial charge in [0, 0.05) is 38.4 Å². The molecule has 0 bridgehead atoms. The van der Waals surface area contributed by atoms with Crippen molar-refractivity contribution in [2.24, 2.45) is 13.0 Å². The molecule has 1 aromatic carbocycles.